The molecule has 3 heteroatoms. The van der Waals surface area contributed by atoms with Crippen LogP contribution < -0.4 is 9.47 Å². The Kier molecular flexibility index (Phi) is 3.51. The van der Waals surface area contributed by atoms with Crippen molar-refractivity contribution in [2.45, 2.75) is 13.8 Å². The fourth-order valence-electron chi connectivity index (χ4n) is 1.25. The lowest BCUT2D eigenvalue weighted by Crippen LogP contribution is -1.91. The Labute approximate surface area is 84.4 Å². The van der Waals surface area contributed by atoms with Gasteiger partial charge in [0.25, 0.3) is 0 Å². The first kappa shape index (κ1) is 10.6. The van der Waals surface area contributed by atoms with Crippen LogP contribution in [0.25, 0.3) is 0 Å². The highest BCUT2D eigenvalue weighted by Gasteiger charge is 2.06. The lowest BCUT2D eigenvalue weighted by molar-refractivity contribution is 0.355. The molecule has 14 heavy (non-hydrogen) atoms. The molecule has 0 amide bonds. The van der Waals surface area contributed by atoms with Crippen molar-refractivity contribution in [2.75, 3.05) is 14.2 Å². The first-order valence-electron chi connectivity index (χ1n) is 4.44. The summed E-state index contributed by atoms with van der Waals surface area (Å²) in [5.41, 5.74) is 1.98. The molecule has 0 aliphatic carbocycles. The smallest absolute Gasteiger partial charge is 0.162 e. The summed E-state index contributed by atoms with van der Waals surface area (Å²) in [6, 6.07) is 3.79. The Morgan fingerprint density at radius 2 is 1.71 bits per heavy atom. The molecule has 1 aromatic rings. The van der Waals surface area contributed by atoms with E-state index in [9.17, 15) is 0 Å². The van der Waals surface area contributed by atoms with Crippen molar-refractivity contribution in [2.24, 2.45) is 4.99 Å². The number of ether oxygens (including phenoxy) is 2. The number of hydrogen-bond donors (Lipinski definition) is 0. The van der Waals surface area contributed by atoms with Crippen molar-refractivity contribution >= 4 is 11.9 Å². The minimum Gasteiger partial charge on any atom is -0.493 e. The lowest BCUT2D eigenvalue weighted by Gasteiger charge is -2.09. The Morgan fingerprint density at radius 1 is 1.14 bits per heavy atom. The maximum absolute atomic E-state index is 5.18. The summed E-state index contributed by atoms with van der Waals surface area (Å²) in [7, 11) is 3.24. The first-order valence-corrected chi connectivity index (χ1v) is 4.44. The normalized spacial score (nSPS) is 10.6. The predicted octanol–water partition coefficient (Wildman–Crippen LogP) is 2.73. The first-order chi connectivity index (χ1) is 6.72. The average molecular weight is 193 g/mol. The minimum absolute atomic E-state index is 0.707. The van der Waals surface area contributed by atoms with Crippen molar-refractivity contribution < 1.29 is 9.47 Å². The summed E-state index contributed by atoms with van der Waals surface area (Å²) in [6.45, 7) is 3.88. The average Bonchev–Trinajstić information content (AvgIpc) is 2.20. The monoisotopic (exact) mass is 193 g/mol. The Balaban J connectivity index is 3.23. The molecule has 0 bridgehead atoms. The van der Waals surface area contributed by atoms with Gasteiger partial charge in [-0.25, -0.2) is 0 Å². The van der Waals surface area contributed by atoms with Crippen LogP contribution in [0.3, 0.4) is 0 Å². The largest absolute Gasteiger partial charge is 0.493 e. The molecule has 0 aliphatic rings. The van der Waals surface area contributed by atoms with Crippen molar-refractivity contribution in [3.05, 3.63) is 17.7 Å². The van der Waals surface area contributed by atoms with Gasteiger partial charge >= 0.3 is 0 Å². The summed E-state index contributed by atoms with van der Waals surface area (Å²) in [6.07, 6.45) is 1.76. The summed E-state index contributed by atoms with van der Waals surface area (Å²) >= 11 is 0. The molecule has 0 heterocycles. The van der Waals surface area contributed by atoms with E-state index in [1.54, 1.807) is 20.4 Å². The van der Waals surface area contributed by atoms with Crippen LogP contribution >= 0.6 is 0 Å². The number of benzene rings is 1. The summed E-state index contributed by atoms with van der Waals surface area (Å²) in [4.78, 5) is 4.23. The minimum atomic E-state index is 0.707. The Bertz CT molecular complexity index is 345. The molecule has 1 aromatic carbocycles. The van der Waals surface area contributed by atoms with E-state index in [-0.39, 0.29) is 0 Å². The maximum Gasteiger partial charge on any atom is 0.162 e. The highest BCUT2D eigenvalue weighted by Crippen LogP contribution is 2.33. The molecule has 0 N–H and O–H groups in total. The fraction of sp³-hybridized carbons (Fsp3) is 0.364. The van der Waals surface area contributed by atoms with Gasteiger partial charge in [-0.2, -0.15) is 0 Å². The molecule has 0 radical (unpaired) electrons. The molecular formula is C11H15NO2. The number of nitrogens with zero attached hydrogens (tertiary/aromatic N) is 1. The number of aryl methyl sites for hydroxylation is 1. The third kappa shape index (κ3) is 2.05. The van der Waals surface area contributed by atoms with E-state index in [0.29, 0.717) is 5.75 Å². The quantitative estimate of drug-likeness (QED) is 0.691. The van der Waals surface area contributed by atoms with Crippen LogP contribution in [0.2, 0.25) is 0 Å². The summed E-state index contributed by atoms with van der Waals surface area (Å²) in [5.74, 6) is 1.44. The van der Waals surface area contributed by atoms with E-state index in [2.05, 4.69) is 4.99 Å². The van der Waals surface area contributed by atoms with Crippen LogP contribution in [0.5, 0.6) is 11.5 Å². The third-order valence-electron chi connectivity index (χ3n) is 1.97. The van der Waals surface area contributed by atoms with Crippen molar-refractivity contribution in [1.29, 1.82) is 0 Å². The zero-order valence-electron chi connectivity index (χ0n) is 9.00. The van der Waals surface area contributed by atoms with Crippen LogP contribution in [0.1, 0.15) is 12.5 Å². The fourth-order valence-corrected chi connectivity index (χ4v) is 1.25. The zero-order valence-corrected chi connectivity index (χ0v) is 9.00. The molecule has 0 aromatic heterocycles. The number of hydrogen-bond acceptors (Lipinski definition) is 3. The van der Waals surface area contributed by atoms with Crippen LogP contribution in [0, 0.1) is 6.92 Å². The standard InChI is InChI=1S/C11H15NO2/c1-5-12-9-7-11(14-4)10(13-3)6-8(9)2/h5-7H,1-4H3/b12-5-. The molecule has 0 saturated heterocycles. The summed E-state index contributed by atoms with van der Waals surface area (Å²) in [5, 5.41) is 0. The maximum atomic E-state index is 5.18. The van der Waals surface area contributed by atoms with E-state index in [1.165, 1.54) is 0 Å². The van der Waals surface area contributed by atoms with Gasteiger partial charge in [0.1, 0.15) is 0 Å². The van der Waals surface area contributed by atoms with Gasteiger partial charge in [0.15, 0.2) is 11.5 Å². The summed E-state index contributed by atoms with van der Waals surface area (Å²) < 4.78 is 10.4. The molecule has 0 spiro atoms. The molecular weight excluding hydrogens is 178 g/mol. The third-order valence-corrected chi connectivity index (χ3v) is 1.97. The lowest BCUT2D eigenvalue weighted by atomic mass is 10.2. The second-order valence-electron chi connectivity index (χ2n) is 2.88. The molecule has 0 fully saturated rings. The number of aliphatic imine (C=N–C) groups is 1. The van der Waals surface area contributed by atoms with Crippen LogP contribution in [-0.4, -0.2) is 20.4 Å². The molecule has 3 nitrogen and oxygen atoms in total. The van der Waals surface area contributed by atoms with Crippen molar-refractivity contribution in [3.63, 3.8) is 0 Å². The number of methoxy groups -OCH3 is 2. The molecule has 76 valence electrons. The van der Waals surface area contributed by atoms with E-state index in [1.807, 2.05) is 26.0 Å². The highest BCUT2D eigenvalue weighted by molar-refractivity contribution is 5.65. The van der Waals surface area contributed by atoms with Crippen LogP contribution in [0.4, 0.5) is 5.69 Å². The van der Waals surface area contributed by atoms with E-state index < -0.39 is 0 Å². The predicted molar refractivity (Wildman–Crippen MR) is 58.1 cm³/mol. The molecule has 0 saturated carbocycles. The van der Waals surface area contributed by atoms with Crippen molar-refractivity contribution in [3.8, 4) is 11.5 Å². The topological polar surface area (TPSA) is 30.8 Å². The molecule has 0 aliphatic heterocycles. The van der Waals surface area contributed by atoms with Crippen molar-refractivity contribution in [1.82, 2.24) is 0 Å². The molecule has 1 rings (SSSR count). The molecule has 0 unspecified atom stereocenters. The van der Waals surface area contributed by atoms with Crippen LogP contribution in [-0.2, 0) is 0 Å². The van der Waals surface area contributed by atoms with Gasteiger partial charge < -0.3 is 9.47 Å². The second kappa shape index (κ2) is 4.65. The van der Waals surface area contributed by atoms with Gasteiger partial charge in [-0.3, -0.25) is 4.99 Å². The number of rotatable bonds is 3. The zero-order chi connectivity index (χ0) is 10.6. The van der Waals surface area contributed by atoms with Crippen LogP contribution in [0.15, 0.2) is 17.1 Å². The van der Waals surface area contributed by atoms with Gasteiger partial charge in [0.2, 0.25) is 0 Å². The highest BCUT2D eigenvalue weighted by atomic mass is 16.5. The Morgan fingerprint density at radius 3 is 2.21 bits per heavy atom. The van der Waals surface area contributed by atoms with Gasteiger partial charge in [0.05, 0.1) is 19.9 Å². The van der Waals surface area contributed by atoms with E-state index >= 15 is 0 Å². The second-order valence-corrected chi connectivity index (χ2v) is 2.88. The Hall–Kier alpha value is -1.51. The molecule has 0 atom stereocenters. The van der Waals surface area contributed by atoms with Gasteiger partial charge in [0, 0.05) is 12.3 Å². The van der Waals surface area contributed by atoms with E-state index in [0.717, 1.165) is 17.0 Å². The van der Waals surface area contributed by atoms with Gasteiger partial charge in [-0.05, 0) is 25.5 Å². The van der Waals surface area contributed by atoms with Gasteiger partial charge in [-0.15, -0.1) is 0 Å². The van der Waals surface area contributed by atoms with E-state index in [4.69, 9.17) is 9.47 Å². The SMILES string of the molecule is C/C=N\c1cc(OC)c(OC)cc1C. The van der Waals surface area contributed by atoms with Gasteiger partial charge in [-0.1, -0.05) is 0 Å².